The molecule has 1 fully saturated rings. The lowest BCUT2D eigenvalue weighted by atomic mass is 9.99. The Balaban J connectivity index is 1.98. The van der Waals surface area contributed by atoms with Crippen molar-refractivity contribution in [3.8, 4) is 5.75 Å². The molecule has 1 aliphatic rings. The first-order valence-corrected chi connectivity index (χ1v) is 7.26. The van der Waals surface area contributed by atoms with Crippen LogP contribution in [0, 0.1) is 0 Å². The first-order valence-electron chi connectivity index (χ1n) is 7.26. The second-order valence-electron chi connectivity index (χ2n) is 5.29. The van der Waals surface area contributed by atoms with Crippen LogP contribution in [0.5, 0.6) is 5.75 Å². The highest BCUT2D eigenvalue weighted by molar-refractivity contribution is 5.29. The van der Waals surface area contributed by atoms with Gasteiger partial charge in [-0.2, -0.15) is 0 Å². The van der Waals surface area contributed by atoms with Crippen molar-refractivity contribution >= 4 is 0 Å². The van der Waals surface area contributed by atoms with Gasteiger partial charge >= 0.3 is 0 Å². The van der Waals surface area contributed by atoms with Crippen molar-refractivity contribution in [2.24, 2.45) is 0 Å². The zero-order chi connectivity index (χ0) is 13.7. The summed E-state index contributed by atoms with van der Waals surface area (Å²) in [6.07, 6.45) is 2.28. The standard InChI is InChI=1S/C16H25NO2/c1-4-12(2)13-5-7-14(8-6-13)19-16-11-18-10-9-15(16)17-3/h5-8,12,15-17H,4,9-11H2,1-3H3. The minimum Gasteiger partial charge on any atom is -0.486 e. The maximum atomic E-state index is 6.04. The summed E-state index contributed by atoms with van der Waals surface area (Å²) in [4.78, 5) is 0. The second kappa shape index (κ2) is 6.92. The fraction of sp³-hybridized carbons (Fsp3) is 0.625. The van der Waals surface area contributed by atoms with E-state index in [2.05, 4.69) is 43.4 Å². The summed E-state index contributed by atoms with van der Waals surface area (Å²) >= 11 is 0. The summed E-state index contributed by atoms with van der Waals surface area (Å²) in [6.45, 7) is 5.95. The second-order valence-corrected chi connectivity index (χ2v) is 5.29. The van der Waals surface area contributed by atoms with Gasteiger partial charge < -0.3 is 14.8 Å². The zero-order valence-corrected chi connectivity index (χ0v) is 12.2. The monoisotopic (exact) mass is 263 g/mol. The van der Waals surface area contributed by atoms with E-state index in [0.717, 1.165) is 18.8 Å². The Morgan fingerprint density at radius 2 is 2.11 bits per heavy atom. The largest absolute Gasteiger partial charge is 0.486 e. The molecule has 0 saturated carbocycles. The summed E-state index contributed by atoms with van der Waals surface area (Å²) in [5, 5.41) is 3.31. The smallest absolute Gasteiger partial charge is 0.137 e. The lowest BCUT2D eigenvalue weighted by Crippen LogP contribution is -2.48. The molecule has 0 spiro atoms. The van der Waals surface area contributed by atoms with Crippen LogP contribution in [-0.4, -0.2) is 32.4 Å². The van der Waals surface area contributed by atoms with E-state index in [1.807, 2.05) is 7.05 Å². The van der Waals surface area contributed by atoms with Crippen molar-refractivity contribution in [3.05, 3.63) is 29.8 Å². The van der Waals surface area contributed by atoms with Crippen LogP contribution in [0.25, 0.3) is 0 Å². The molecule has 0 aromatic heterocycles. The van der Waals surface area contributed by atoms with Crippen LogP contribution in [0.3, 0.4) is 0 Å². The summed E-state index contributed by atoms with van der Waals surface area (Å²) in [7, 11) is 1.98. The van der Waals surface area contributed by atoms with Gasteiger partial charge in [-0.25, -0.2) is 0 Å². The Morgan fingerprint density at radius 3 is 2.74 bits per heavy atom. The highest BCUT2D eigenvalue weighted by Gasteiger charge is 2.26. The van der Waals surface area contributed by atoms with Gasteiger partial charge in [0.2, 0.25) is 0 Å². The molecule has 0 bridgehead atoms. The van der Waals surface area contributed by atoms with E-state index in [-0.39, 0.29) is 6.10 Å². The average molecular weight is 263 g/mol. The lowest BCUT2D eigenvalue weighted by molar-refractivity contribution is -0.0129. The number of rotatable bonds is 5. The molecular formula is C16H25NO2. The Bertz CT molecular complexity index is 377. The molecule has 2 rings (SSSR count). The fourth-order valence-corrected chi connectivity index (χ4v) is 2.44. The molecule has 106 valence electrons. The van der Waals surface area contributed by atoms with E-state index >= 15 is 0 Å². The minimum atomic E-state index is 0.105. The number of nitrogens with one attached hydrogen (secondary N) is 1. The van der Waals surface area contributed by atoms with Gasteiger partial charge in [0.05, 0.1) is 6.61 Å². The molecule has 0 amide bonds. The van der Waals surface area contributed by atoms with Crippen molar-refractivity contribution in [1.29, 1.82) is 0 Å². The molecule has 1 aromatic carbocycles. The molecule has 1 N–H and O–H groups in total. The highest BCUT2D eigenvalue weighted by atomic mass is 16.5. The van der Waals surface area contributed by atoms with Crippen LogP contribution in [-0.2, 0) is 4.74 Å². The molecule has 1 heterocycles. The van der Waals surface area contributed by atoms with Gasteiger partial charge in [0.1, 0.15) is 11.9 Å². The summed E-state index contributed by atoms with van der Waals surface area (Å²) < 4.78 is 11.5. The molecule has 0 radical (unpaired) electrons. The predicted molar refractivity (Wildman–Crippen MR) is 77.8 cm³/mol. The van der Waals surface area contributed by atoms with E-state index in [4.69, 9.17) is 9.47 Å². The maximum absolute atomic E-state index is 6.04. The van der Waals surface area contributed by atoms with E-state index in [9.17, 15) is 0 Å². The maximum Gasteiger partial charge on any atom is 0.137 e. The molecule has 1 saturated heterocycles. The van der Waals surface area contributed by atoms with Crippen molar-refractivity contribution in [2.45, 2.75) is 44.8 Å². The summed E-state index contributed by atoms with van der Waals surface area (Å²) in [5.74, 6) is 1.54. The lowest BCUT2D eigenvalue weighted by Gasteiger charge is -2.31. The Labute approximate surface area is 116 Å². The molecule has 3 heteroatoms. The number of benzene rings is 1. The van der Waals surface area contributed by atoms with Crippen molar-refractivity contribution < 1.29 is 9.47 Å². The Morgan fingerprint density at radius 1 is 1.37 bits per heavy atom. The van der Waals surface area contributed by atoms with Gasteiger partial charge in [-0.3, -0.25) is 0 Å². The third-order valence-electron chi connectivity index (χ3n) is 4.02. The molecule has 3 nitrogen and oxygen atoms in total. The third kappa shape index (κ3) is 3.71. The number of ether oxygens (including phenoxy) is 2. The van der Waals surface area contributed by atoms with Crippen LogP contribution < -0.4 is 10.1 Å². The first-order chi connectivity index (χ1) is 9.24. The van der Waals surface area contributed by atoms with Gasteiger partial charge in [-0.05, 0) is 43.5 Å². The van der Waals surface area contributed by atoms with Gasteiger partial charge in [0.25, 0.3) is 0 Å². The van der Waals surface area contributed by atoms with Crippen LogP contribution in [0.2, 0.25) is 0 Å². The van der Waals surface area contributed by atoms with Crippen LogP contribution in [0.1, 0.15) is 38.2 Å². The molecule has 1 aromatic rings. The molecule has 3 atom stereocenters. The SMILES string of the molecule is CCC(C)c1ccc(OC2COCCC2NC)cc1. The van der Waals surface area contributed by atoms with E-state index in [0.29, 0.717) is 18.6 Å². The van der Waals surface area contributed by atoms with E-state index in [1.54, 1.807) is 0 Å². The van der Waals surface area contributed by atoms with Gasteiger partial charge in [0, 0.05) is 12.6 Å². The van der Waals surface area contributed by atoms with E-state index in [1.165, 1.54) is 12.0 Å². The summed E-state index contributed by atoms with van der Waals surface area (Å²) in [5.41, 5.74) is 1.37. The van der Waals surface area contributed by atoms with Crippen molar-refractivity contribution in [1.82, 2.24) is 5.32 Å². The fourth-order valence-electron chi connectivity index (χ4n) is 2.44. The quantitative estimate of drug-likeness (QED) is 0.886. The van der Waals surface area contributed by atoms with Gasteiger partial charge in [0.15, 0.2) is 0 Å². The molecule has 19 heavy (non-hydrogen) atoms. The number of hydrogen-bond acceptors (Lipinski definition) is 3. The molecule has 3 unspecified atom stereocenters. The zero-order valence-electron chi connectivity index (χ0n) is 12.2. The normalized spacial score (nSPS) is 25.0. The highest BCUT2D eigenvalue weighted by Crippen LogP contribution is 2.23. The van der Waals surface area contributed by atoms with Crippen molar-refractivity contribution in [2.75, 3.05) is 20.3 Å². The van der Waals surface area contributed by atoms with Crippen molar-refractivity contribution in [3.63, 3.8) is 0 Å². The summed E-state index contributed by atoms with van der Waals surface area (Å²) in [6, 6.07) is 8.86. The number of hydrogen-bond donors (Lipinski definition) is 1. The van der Waals surface area contributed by atoms with Crippen LogP contribution >= 0.6 is 0 Å². The minimum absolute atomic E-state index is 0.105. The molecular weight excluding hydrogens is 238 g/mol. The van der Waals surface area contributed by atoms with Crippen LogP contribution in [0.4, 0.5) is 0 Å². The predicted octanol–water partition coefficient (Wildman–Crippen LogP) is 2.96. The third-order valence-corrected chi connectivity index (χ3v) is 4.02. The average Bonchev–Trinajstić information content (AvgIpc) is 2.48. The van der Waals surface area contributed by atoms with E-state index < -0.39 is 0 Å². The van der Waals surface area contributed by atoms with Gasteiger partial charge in [-0.15, -0.1) is 0 Å². The van der Waals surface area contributed by atoms with Crippen LogP contribution in [0.15, 0.2) is 24.3 Å². The topological polar surface area (TPSA) is 30.5 Å². The van der Waals surface area contributed by atoms with Gasteiger partial charge in [-0.1, -0.05) is 26.0 Å². The Hall–Kier alpha value is -1.06. The molecule has 1 aliphatic heterocycles. The first kappa shape index (κ1) is 14.4. The molecule has 0 aliphatic carbocycles. The Kier molecular flexibility index (Phi) is 5.23. The number of likely N-dealkylation sites (N-methyl/N-ethyl adjacent to an activating group) is 1.